The molecule has 0 radical (unpaired) electrons. The molecule has 2 aromatic carbocycles. The largest absolute Gasteiger partial charge is 0.344 e. The topological polar surface area (TPSA) is 73.4 Å². The fraction of sp³-hybridized carbons (Fsp3) is 0.318. The molecular formula is C22H23ClF2N6OS. The Morgan fingerprint density at radius 2 is 1.85 bits per heavy atom. The van der Waals surface area contributed by atoms with Crippen LogP contribution in [0.5, 0.6) is 0 Å². The Morgan fingerprint density at radius 1 is 1.09 bits per heavy atom. The first-order valence-electron chi connectivity index (χ1n) is 10.5. The molecule has 3 aromatic rings. The van der Waals surface area contributed by atoms with Gasteiger partial charge in [0.25, 0.3) is 0 Å². The quantitative estimate of drug-likeness (QED) is 0.521. The summed E-state index contributed by atoms with van der Waals surface area (Å²) in [6, 6.07) is 10.1. The van der Waals surface area contributed by atoms with Crippen LogP contribution in [-0.4, -0.2) is 59.6 Å². The van der Waals surface area contributed by atoms with Gasteiger partial charge in [-0.3, -0.25) is 4.90 Å². The molecule has 33 heavy (non-hydrogen) atoms. The van der Waals surface area contributed by atoms with E-state index in [0.29, 0.717) is 18.7 Å². The standard InChI is InChI=1S/C22H23ClF2N6OS/c23-18-14-17(5-6-19(18)25)27-21(32)26-7-8-30-9-11-31(12-10-30)22-28-20(29-33-22)13-15-1-3-16(24)4-2-15/h1-6,14H,7-13H2,(H2,26,27,32). The van der Waals surface area contributed by atoms with Gasteiger partial charge in [-0.05, 0) is 35.9 Å². The van der Waals surface area contributed by atoms with Crippen LogP contribution in [0.15, 0.2) is 42.5 Å². The smallest absolute Gasteiger partial charge is 0.319 e. The summed E-state index contributed by atoms with van der Waals surface area (Å²) in [5.41, 5.74) is 1.41. The van der Waals surface area contributed by atoms with Crippen molar-refractivity contribution in [2.24, 2.45) is 0 Å². The molecule has 4 rings (SSSR count). The van der Waals surface area contributed by atoms with E-state index in [4.69, 9.17) is 11.6 Å². The van der Waals surface area contributed by atoms with E-state index in [1.807, 2.05) is 0 Å². The van der Waals surface area contributed by atoms with Gasteiger partial charge in [-0.2, -0.15) is 4.37 Å². The minimum atomic E-state index is -0.528. The molecule has 0 atom stereocenters. The summed E-state index contributed by atoms with van der Waals surface area (Å²) in [4.78, 5) is 21.1. The van der Waals surface area contributed by atoms with E-state index in [1.165, 1.54) is 41.9 Å². The number of piperazine rings is 1. The van der Waals surface area contributed by atoms with Gasteiger partial charge in [0.2, 0.25) is 5.13 Å². The second-order valence-corrected chi connectivity index (χ2v) is 8.77. The molecule has 2 heterocycles. The first kappa shape index (κ1) is 23.3. The normalized spacial score (nSPS) is 14.3. The highest BCUT2D eigenvalue weighted by Crippen LogP contribution is 2.21. The van der Waals surface area contributed by atoms with Crippen LogP contribution in [0.3, 0.4) is 0 Å². The lowest BCUT2D eigenvalue weighted by molar-refractivity contribution is 0.240. The highest BCUT2D eigenvalue weighted by atomic mass is 35.5. The van der Waals surface area contributed by atoms with Crippen molar-refractivity contribution in [3.63, 3.8) is 0 Å². The number of aromatic nitrogens is 2. The van der Waals surface area contributed by atoms with Crippen molar-refractivity contribution in [1.82, 2.24) is 19.6 Å². The van der Waals surface area contributed by atoms with Crippen LogP contribution >= 0.6 is 23.1 Å². The Kier molecular flexibility index (Phi) is 7.69. The van der Waals surface area contributed by atoms with E-state index in [2.05, 4.69) is 29.8 Å². The highest BCUT2D eigenvalue weighted by molar-refractivity contribution is 7.09. The van der Waals surface area contributed by atoms with Gasteiger partial charge in [0.05, 0.1) is 5.02 Å². The fourth-order valence-corrected chi connectivity index (χ4v) is 4.39. The molecule has 0 saturated carbocycles. The van der Waals surface area contributed by atoms with E-state index in [0.717, 1.165) is 49.2 Å². The summed E-state index contributed by atoms with van der Waals surface area (Å²) in [6.07, 6.45) is 0.578. The number of anilines is 2. The van der Waals surface area contributed by atoms with Gasteiger partial charge in [-0.25, -0.2) is 18.6 Å². The zero-order valence-corrected chi connectivity index (χ0v) is 19.3. The third kappa shape index (κ3) is 6.59. The number of nitrogens with one attached hydrogen (secondary N) is 2. The average Bonchev–Trinajstić information content (AvgIpc) is 3.27. The maximum atomic E-state index is 13.2. The molecule has 2 N–H and O–H groups in total. The molecule has 1 saturated heterocycles. The minimum Gasteiger partial charge on any atom is -0.344 e. The van der Waals surface area contributed by atoms with Gasteiger partial charge >= 0.3 is 6.03 Å². The highest BCUT2D eigenvalue weighted by Gasteiger charge is 2.20. The van der Waals surface area contributed by atoms with Crippen LogP contribution in [0.25, 0.3) is 0 Å². The summed E-state index contributed by atoms with van der Waals surface area (Å²) < 4.78 is 30.7. The first-order chi connectivity index (χ1) is 16.0. The van der Waals surface area contributed by atoms with Crippen LogP contribution in [0.1, 0.15) is 11.4 Å². The molecule has 1 fully saturated rings. The summed E-state index contributed by atoms with van der Waals surface area (Å²) in [6.45, 7) is 4.56. The summed E-state index contributed by atoms with van der Waals surface area (Å²) in [5, 5.41) is 6.29. The molecule has 2 amide bonds. The van der Waals surface area contributed by atoms with Gasteiger partial charge < -0.3 is 15.5 Å². The van der Waals surface area contributed by atoms with Crippen LogP contribution in [-0.2, 0) is 6.42 Å². The summed E-state index contributed by atoms with van der Waals surface area (Å²) in [5.74, 6) is -0.0433. The number of nitrogens with zero attached hydrogens (tertiary/aromatic N) is 4. The molecule has 7 nitrogen and oxygen atoms in total. The van der Waals surface area contributed by atoms with Crippen LogP contribution < -0.4 is 15.5 Å². The van der Waals surface area contributed by atoms with Crippen molar-refractivity contribution in [3.05, 3.63) is 70.5 Å². The predicted octanol–water partition coefficient (Wildman–Crippen LogP) is 4.00. The molecule has 0 spiro atoms. The number of hydrogen-bond acceptors (Lipinski definition) is 6. The maximum absolute atomic E-state index is 13.2. The lowest BCUT2D eigenvalue weighted by atomic mass is 10.1. The van der Waals surface area contributed by atoms with Gasteiger partial charge in [0.1, 0.15) is 17.5 Å². The molecule has 1 aliphatic heterocycles. The van der Waals surface area contributed by atoms with Crippen LogP contribution in [0, 0.1) is 11.6 Å². The van der Waals surface area contributed by atoms with E-state index in [-0.39, 0.29) is 16.9 Å². The van der Waals surface area contributed by atoms with E-state index < -0.39 is 5.82 Å². The second kappa shape index (κ2) is 10.9. The molecule has 1 aromatic heterocycles. The maximum Gasteiger partial charge on any atom is 0.319 e. The summed E-state index contributed by atoms with van der Waals surface area (Å²) in [7, 11) is 0. The van der Waals surface area contributed by atoms with Gasteiger partial charge in [-0.1, -0.05) is 23.7 Å². The zero-order chi connectivity index (χ0) is 23.2. The third-order valence-electron chi connectivity index (χ3n) is 5.27. The molecule has 0 unspecified atom stereocenters. The van der Waals surface area contributed by atoms with Gasteiger partial charge in [0.15, 0.2) is 0 Å². The molecule has 0 aliphatic carbocycles. The lowest BCUT2D eigenvalue weighted by Gasteiger charge is -2.34. The van der Waals surface area contributed by atoms with Gasteiger partial charge in [-0.15, -0.1) is 0 Å². The number of amides is 2. The SMILES string of the molecule is O=C(NCCN1CCN(c2nc(Cc3ccc(F)cc3)ns2)CC1)Nc1ccc(F)c(Cl)c1. The lowest BCUT2D eigenvalue weighted by Crippen LogP contribution is -2.48. The molecule has 174 valence electrons. The second-order valence-electron chi connectivity index (χ2n) is 7.63. The minimum absolute atomic E-state index is 0.0383. The van der Waals surface area contributed by atoms with E-state index in [9.17, 15) is 13.6 Å². The monoisotopic (exact) mass is 492 g/mol. The number of carbonyl (C=O) groups excluding carboxylic acids is 1. The number of benzene rings is 2. The van der Waals surface area contributed by atoms with Crippen molar-refractivity contribution in [3.8, 4) is 0 Å². The number of carbonyl (C=O) groups is 1. The molecular weight excluding hydrogens is 470 g/mol. The molecule has 0 bridgehead atoms. The van der Waals surface area contributed by atoms with E-state index >= 15 is 0 Å². The molecule has 11 heteroatoms. The number of hydrogen-bond donors (Lipinski definition) is 2. The molecule has 1 aliphatic rings. The first-order valence-corrected chi connectivity index (χ1v) is 11.7. The van der Waals surface area contributed by atoms with Crippen LogP contribution in [0.4, 0.5) is 24.4 Å². The third-order valence-corrected chi connectivity index (χ3v) is 6.37. The summed E-state index contributed by atoms with van der Waals surface area (Å²) >= 11 is 7.10. The fourth-order valence-electron chi connectivity index (χ4n) is 3.47. The predicted molar refractivity (Wildman–Crippen MR) is 126 cm³/mol. The van der Waals surface area contributed by atoms with Crippen molar-refractivity contribution in [1.29, 1.82) is 0 Å². The number of urea groups is 1. The average molecular weight is 493 g/mol. The van der Waals surface area contributed by atoms with E-state index in [1.54, 1.807) is 12.1 Å². The van der Waals surface area contributed by atoms with Crippen molar-refractivity contribution >= 4 is 40.0 Å². The Morgan fingerprint density at radius 3 is 2.58 bits per heavy atom. The Balaban J connectivity index is 1.17. The Bertz CT molecular complexity index is 1090. The van der Waals surface area contributed by atoms with Crippen LogP contribution in [0.2, 0.25) is 5.02 Å². The van der Waals surface area contributed by atoms with Gasteiger partial charge in [0, 0.05) is 62.9 Å². The zero-order valence-electron chi connectivity index (χ0n) is 17.7. The Hall–Kier alpha value is -2.82. The van der Waals surface area contributed by atoms with Crippen molar-refractivity contribution in [2.45, 2.75) is 6.42 Å². The van der Waals surface area contributed by atoms with Crippen molar-refractivity contribution < 1.29 is 13.6 Å². The number of rotatable bonds is 7. The van der Waals surface area contributed by atoms with Crippen molar-refractivity contribution in [2.75, 3.05) is 49.5 Å². The Labute approximate surface area is 199 Å². The number of halogens is 3.